The number of ether oxygens (including phenoxy) is 2. The quantitative estimate of drug-likeness (QED) is 0.770. The Morgan fingerprint density at radius 2 is 2.16 bits per heavy atom. The molecule has 1 heterocycles. The van der Waals surface area contributed by atoms with Gasteiger partial charge in [0.2, 0.25) is 5.91 Å². The van der Waals surface area contributed by atoms with E-state index in [-0.39, 0.29) is 12.3 Å². The molecule has 1 aliphatic rings. The van der Waals surface area contributed by atoms with E-state index in [0.29, 0.717) is 25.5 Å². The van der Waals surface area contributed by atoms with Gasteiger partial charge in [-0.05, 0) is 17.7 Å². The smallest absolute Gasteiger partial charge is 0.238 e. The van der Waals surface area contributed by atoms with Gasteiger partial charge in [-0.15, -0.1) is 12.3 Å². The standard InChI is InChI=1S/C14H16N2O3/c1-2-3-11(15)14(17)16-9-10-4-5-12-13(8-10)19-7-6-18-12/h1,4-5,8,11H,3,6-7,9,15H2,(H,16,17). The lowest BCUT2D eigenvalue weighted by Crippen LogP contribution is -2.39. The van der Waals surface area contributed by atoms with Crippen LogP contribution in [0.4, 0.5) is 0 Å². The average molecular weight is 260 g/mol. The second kappa shape index (κ2) is 6.12. The average Bonchev–Trinajstić information content (AvgIpc) is 2.44. The number of benzene rings is 1. The highest BCUT2D eigenvalue weighted by Crippen LogP contribution is 2.30. The Morgan fingerprint density at radius 3 is 2.89 bits per heavy atom. The minimum Gasteiger partial charge on any atom is -0.486 e. The summed E-state index contributed by atoms with van der Waals surface area (Å²) in [7, 11) is 0. The molecule has 0 saturated heterocycles. The molecule has 0 aliphatic carbocycles. The third kappa shape index (κ3) is 3.39. The van der Waals surface area contributed by atoms with E-state index in [0.717, 1.165) is 11.3 Å². The maximum atomic E-state index is 11.6. The molecular weight excluding hydrogens is 244 g/mol. The summed E-state index contributed by atoms with van der Waals surface area (Å²) in [6, 6.07) is 4.89. The number of amides is 1. The second-order valence-electron chi connectivity index (χ2n) is 4.21. The molecule has 5 nitrogen and oxygen atoms in total. The van der Waals surface area contributed by atoms with Crippen molar-refractivity contribution in [1.29, 1.82) is 0 Å². The van der Waals surface area contributed by atoms with Crippen molar-refractivity contribution >= 4 is 5.91 Å². The van der Waals surface area contributed by atoms with Crippen molar-refractivity contribution in [2.24, 2.45) is 5.73 Å². The van der Waals surface area contributed by atoms with Crippen LogP contribution in [0.3, 0.4) is 0 Å². The number of nitrogens with one attached hydrogen (secondary N) is 1. The first-order chi connectivity index (χ1) is 9.20. The van der Waals surface area contributed by atoms with Crippen LogP contribution >= 0.6 is 0 Å². The van der Waals surface area contributed by atoms with Gasteiger partial charge in [0.05, 0.1) is 6.04 Å². The molecule has 1 unspecified atom stereocenters. The molecule has 1 aromatic rings. The Hall–Kier alpha value is -2.19. The van der Waals surface area contributed by atoms with Crippen LogP contribution in [0.25, 0.3) is 0 Å². The van der Waals surface area contributed by atoms with Crippen molar-refractivity contribution in [1.82, 2.24) is 5.32 Å². The zero-order chi connectivity index (χ0) is 13.7. The van der Waals surface area contributed by atoms with Crippen LogP contribution in [0, 0.1) is 12.3 Å². The number of hydrogen-bond donors (Lipinski definition) is 2. The minimum absolute atomic E-state index is 0.229. The highest BCUT2D eigenvalue weighted by molar-refractivity contribution is 5.81. The van der Waals surface area contributed by atoms with Crippen LogP contribution < -0.4 is 20.5 Å². The summed E-state index contributed by atoms with van der Waals surface area (Å²) in [6.07, 6.45) is 5.34. The van der Waals surface area contributed by atoms with E-state index in [4.69, 9.17) is 21.6 Å². The molecule has 0 radical (unpaired) electrons. The fourth-order valence-corrected chi connectivity index (χ4v) is 1.74. The predicted octanol–water partition coefficient (Wildman–Crippen LogP) is 0.425. The fourth-order valence-electron chi connectivity index (χ4n) is 1.74. The molecule has 1 amide bonds. The van der Waals surface area contributed by atoms with E-state index in [9.17, 15) is 4.79 Å². The Bertz CT molecular complexity index is 508. The number of terminal acetylenes is 1. The van der Waals surface area contributed by atoms with Crippen molar-refractivity contribution in [2.45, 2.75) is 19.0 Å². The van der Waals surface area contributed by atoms with Crippen LogP contribution in [0.1, 0.15) is 12.0 Å². The molecule has 19 heavy (non-hydrogen) atoms. The van der Waals surface area contributed by atoms with Crippen molar-refractivity contribution in [3.8, 4) is 23.8 Å². The van der Waals surface area contributed by atoms with E-state index in [1.807, 2.05) is 18.2 Å². The zero-order valence-corrected chi connectivity index (χ0v) is 10.5. The van der Waals surface area contributed by atoms with Gasteiger partial charge in [0.1, 0.15) is 13.2 Å². The Kier molecular flexibility index (Phi) is 4.26. The number of nitrogens with two attached hydrogens (primary N) is 1. The second-order valence-corrected chi connectivity index (χ2v) is 4.21. The lowest BCUT2D eigenvalue weighted by atomic mass is 10.1. The first-order valence-corrected chi connectivity index (χ1v) is 6.06. The van der Waals surface area contributed by atoms with Gasteiger partial charge in [-0.3, -0.25) is 4.79 Å². The maximum Gasteiger partial charge on any atom is 0.238 e. The number of carbonyl (C=O) groups excluding carboxylic acids is 1. The predicted molar refractivity (Wildman–Crippen MR) is 70.7 cm³/mol. The van der Waals surface area contributed by atoms with E-state index in [1.165, 1.54) is 0 Å². The number of hydrogen-bond acceptors (Lipinski definition) is 4. The summed E-state index contributed by atoms with van der Waals surface area (Å²) in [5.74, 6) is 3.54. The molecule has 3 N–H and O–H groups in total. The van der Waals surface area contributed by atoms with Gasteiger partial charge < -0.3 is 20.5 Å². The number of carbonyl (C=O) groups is 1. The van der Waals surface area contributed by atoms with Crippen LogP contribution in [0.2, 0.25) is 0 Å². The summed E-state index contributed by atoms with van der Waals surface area (Å²) in [5, 5.41) is 2.73. The summed E-state index contributed by atoms with van der Waals surface area (Å²) < 4.78 is 10.9. The van der Waals surface area contributed by atoms with Gasteiger partial charge >= 0.3 is 0 Å². The highest BCUT2D eigenvalue weighted by atomic mass is 16.6. The zero-order valence-electron chi connectivity index (χ0n) is 10.5. The third-order valence-corrected chi connectivity index (χ3v) is 2.75. The third-order valence-electron chi connectivity index (χ3n) is 2.75. The van der Waals surface area contributed by atoms with Crippen molar-refractivity contribution < 1.29 is 14.3 Å². The normalized spacial score (nSPS) is 14.3. The van der Waals surface area contributed by atoms with Crippen LogP contribution in [-0.4, -0.2) is 25.2 Å². The summed E-state index contributed by atoms with van der Waals surface area (Å²) in [6.45, 7) is 1.48. The van der Waals surface area contributed by atoms with E-state index in [2.05, 4.69) is 11.2 Å². The number of rotatable bonds is 4. The van der Waals surface area contributed by atoms with Gasteiger partial charge in [-0.1, -0.05) is 6.07 Å². The van der Waals surface area contributed by atoms with Crippen LogP contribution in [0.15, 0.2) is 18.2 Å². The molecule has 2 rings (SSSR count). The molecule has 1 aromatic carbocycles. The largest absolute Gasteiger partial charge is 0.486 e. The summed E-state index contributed by atoms with van der Waals surface area (Å²) >= 11 is 0. The van der Waals surface area contributed by atoms with E-state index < -0.39 is 6.04 Å². The molecule has 0 saturated carbocycles. The fraction of sp³-hybridized carbons (Fsp3) is 0.357. The Labute approximate surface area is 112 Å². The molecular formula is C14H16N2O3. The van der Waals surface area contributed by atoms with Gasteiger partial charge in [0, 0.05) is 13.0 Å². The molecule has 0 aromatic heterocycles. The molecule has 1 aliphatic heterocycles. The minimum atomic E-state index is -0.665. The van der Waals surface area contributed by atoms with Crippen molar-refractivity contribution in [3.63, 3.8) is 0 Å². The maximum absolute atomic E-state index is 11.6. The molecule has 0 bridgehead atoms. The van der Waals surface area contributed by atoms with Crippen LogP contribution in [0.5, 0.6) is 11.5 Å². The molecule has 100 valence electrons. The van der Waals surface area contributed by atoms with Crippen molar-refractivity contribution in [3.05, 3.63) is 23.8 Å². The first-order valence-electron chi connectivity index (χ1n) is 6.06. The molecule has 1 atom stereocenters. The molecule has 5 heteroatoms. The van der Waals surface area contributed by atoms with Gasteiger partial charge in [-0.2, -0.15) is 0 Å². The van der Waals surface area contributed by atoms with Gasteiger partial charge in [0.15, 0.2) is 11.5 Å². The number of fused-ring (bicyclic) bond motifs is 1. The van der Waals surface area contributed by atoms with E-state index in [1.54, 1.807) is 0 Å². The topological polar surface area (TPSA) is 73.6 Å². The SMILES string of the molecule is C#CCC(N)C(=O)NCc1ccc2c(c1)OCCO2. The van der Waals surface area contributed by atoms with Crippen molar-refractivity contribution in [2.75, 3.05) is 13.2 Å². The molecule has 0 fully saturated rings. The van der Waals surface area contributed by atoms with Gasteiger partial charge in [0.25, 0.3) is 0 Å². The van der Waals surface area contributed by atoms with Crippen LogP contribution in [-0.2, 0) is 11.3 Å². The molecule has 0 spiro atoms. The monoisotopic (exact) mass is 260 g/mol. The first kappa shape index (κ1) is 13.2. The highest BCUT2D eigenvalue weighted by Gasteiger charge is 2.14. The summed E-state index contributed by atoms with van der Waals surface area (Å²) in [5.41, 5.74) is 6.53. The van der Waals surface area contributed by atoms with Gasteiger partial charge in [-0.25, -0.2) is 0 Å². The Balaban J connectivity index is 1.93. The lowest BCUT2D eigenvalue weighted by Gasteiger charge is -2.19. The van der Waals surface area contributed by atoms with E-state index >= 15 is 0 Å². The summed E-state index contributed by atoms with van der Waals surface area (Å²) in [4.78, 5) is 11.6. The Morgan fingerprint density at radius 1 is 1.42 bits per heavy atom. The lowest BCUT2D eigenvalue weighted by molar-refractivity contribution is -0.122.